The van der Waals surface area contributed by atoms with Gasteiger partial charge < -0.3 is 21.0 Å². The van der Waals surface area contributed by atoms with Gasteiger partial charge in [-0.25, -0.2) is 0 Å². The van der Waals surface area contributed by atoms with Gasteiger partial charge in [0.15, 0.2) is 0 Å². The lowest BCUT2D eigenvalue weighted by molar-refractivity contribution is -0.173. The Bertz CT molecular complexity index is 291. The Labute approximate surface area is 103 Å². The highest BCUT2D eigenvalue weighted by Gasteiger charge is 2.42. The topological polar surface area (TPSA) is 79.9 Å². The van der Waals surface area contributed by atoms with E-state index in [1.165, 1.54) is 0 Å². The predicted octanol–water partition coefficient (Wildman–Crippen LogP) is 1.07. The van der Waals surface area contributed by atoms with E-state index in [0.29, 0.717) is 19.5 Å². The first-order chi connectivity index (χ1) is 8.37. The lowest BCUT2D eigenvalue weighted by atomic mass is 10.0. The third-order valence-corrected chi connectivity index (χ3v) is 2.83. The summed E-state index contributed by atoms with van der Waals surface area (Å²) in [5, 5.41) is 14.4. The fraction of sp³-hybridized carbons (Fsp3) is 0.900. The highest BCUT2D eigenvalue weighted by atomic mass is 19.4. The summed E-state index contributed by atoms with van der Waals surface area (Å²) in [5.74, 6) is 0.183. The van der Waals surface area contributed by atoms with Crippen molar-refractivity contribution in [3.8, 4) is 0 Å². The molecule has 0 aromatic rings. The number of nitrogens with one attached hydrogen (secondary N) is 1. The second-order valence-corrected chi connectivity index (χ2v) is 4.61. The van der Waals surface area contributed by atoms with E-state index in [1.54, 1.807) is 0 Å². The number of amidine groups is 1. The zero-order chi connectivity index (χ0) is 13.6. The number of halogens is 3. The zero-order valence-corrected chi connectivity index (χ0v) is 9.96. The van der Waals surface area contributed by atoms with Crippen LogP contribution in [0.5, 0.6) is 0 Å². The highest BCUT2D eigenvalue weighted by molar-refractivity contribution is 5.80. The average molecular weight is 269 g/mol. The van der Waals surface area contributed by atoms with Crippen molar-refractivity contribution < 1.29 is 23.1 Å². The predicted molar refractivity (Wildman–Crippen MR) is 59.4 cm³/mol. The Morgan fingerprint density at radius 2 is 2.11 bits per heavy atom. The molecule has 1 aliphatic rings. The Morgan fingerprint density at radius 3 is 2.61 bits per heavy atom. The molecule has 1 saturated carbocycles. The minimum absolute atomic E-state index is 0.000338. The normalized spacial score (nSPS) is 18.9. The molecule has 0 heterocycles. The summed E-state index contributed by atoms with van der Waals surface area (Å²) in [4.78, 5) is 0. The van der Waals surface area contributed by atoms with Crippen molar-refractivity contribution in [2.75, 3.05) is 26.3 Å². The van der Waals surface area contributed by atoms with Crippen molar-refractivity contribution in [2.45, 2.75) is 25.4 Å². The average Bonchev–Trinajstić information content (AvgIpc) is 3.02. The van der Waals surface area contributed by atoms with Crippen LogP contribution in [0.4, 0.5) is 13.2 Å². The first kappa shape index (κ1) is 15.0. The molecule has 0 radical (unpaired) electrons. The second kappa shape index (κ2) is 6.24. The summed E-state index contributed by atoms with van der Waals surface area (Å²) in [7, 11) is 0. The van der Waals surface area contributed by atoms with E-state index < -0.39 is 12.8 Å². The van der Waals surface area contributed by atoms with Crippen molar-refractivity contribution in [3.63, 3.8) is 0 Å². The molecule has 0 spiro atoms. The Balaban J connectivity index is 2.05. The molecular weight excluding hydrogens is 251 g/mol. The number of hydrogen-bond acceptors (Lipinski definition) is 4. The third kappa shape index (κ3) is 6.06. The van der Waals surface area contributed by atoms with Crippen LogP contribution in [0, 0.1) is 5.41 Å². The van der Waals surface area contributed by atoms with E-state index >= 15 is 0 Å². The fourth-order valence-electron chi connectivity index (χ4n) is 1.70. The number of nitrogens with two attached hydrogens (primary N) is 1. The molecule has 5 nitrogen and oxygen atoms in total. The lowest BCUT2D eigenvalue weighted by Crippen LogP contribution is -2.31. The van der Waals surface area contributed by atoms with Crippen LogP contribution in [0.25, 0.3) is 0 Å². The lowest BCUT2D eigenvalue weighted by Gasteiger charge is -2.15. The van der Waals surface area contributed by atoms with Crippen molar-refractivity contribution in [3.05, 3.63) is 0 Å². The van der Waals surface area contributed by atoms with Crippen LogP contribution in [0.15, 0.2) is 5.16 Å². The molecule has 0 bridgehead atoms. The molecule has 0 aromatic heterocycles. The number of alkyl halides is 3. The molecule has 0 atom stereocenters. The summed E-state index contributed by atoms with van der Waals surface area (Å²) in [6.07, 6.45) is -1.83. The molecule has 0 amide bonds. The van der Waals surface area contributed by atoms with Gasteiger partial charge in [-0.05, 0) is 18.3 Å². The van der Waals surface area contributed by atoms with Crippen LogP contribution in [0.2, 0.25) is 0 Å². The van der Waals surface area contributed by atoms with Gasteiger partial charge in [0.05, 0.1) is 6.61 Å². The second-order valence-electron chi connectivity index (χ2n) is 4.61. The van der Waals surface area contributed by atoms with Crippen molar-refractivity contribution in [2.24, 2.45) is 16.3 Å². The van der Waals surface area contributed by atoms with Crippen LogP contribution in [0.3, 0.4) is 0 Å². The summed E-state index contributed by atoms with van der Waals surface area (Å²) in [6, 6.07) is 0. The first-order valence-electron chi connectivity index (χ1n) is 5.69. The van der Waals surface area contributed by atoms with E-state index in [2.05, 4.69) is 15.2 Å². The number of rotatable bonds is 8. The maximum Gasteiger partial charge on any atom is 0.411 e. The van der Waals surface area contributed by atoms with E-state index in [9.17, 15) is 13.2 Å². The van der Waals surface area contributed by atoms with Gasteiger partial charge >= 0.3 is 6.18 Å². The van der Waals surface area contributed by atoms with Gasteiger partial charge in [-0.1, -0.05) is 5.16 Å². The minimum atomic E-state index is -4.27. The minimum Gasteiger partial charge on any atom is -0.409 e. The molecule has 1 fully saturated rings. The number of oxime groups is 1. The number of hydrogen-bond donors (Lipinski definition) is 3. The summed E-state index contributed by atoms with van der Waals surface area (Å²) < 4.78 is 39.7. The number of ether oxygens (including phenoxy) is 1. The molecule has 1 aliphatic carbocycles. The smallest absolute Gasteiger partial charge is 0.409 e. The van der Waals surface area contributed by atoms with Crippen molar-refractivity contribution in [1.29, 1.82) is 0 Å². The van der Waals surface area contributed by atoms with Gasteiger partial charge in [0, 0.05) is 19.5 Å². The van der Waals surface area contributed by atoms with E-state index in [-0.39, 0.29) is 17.9 Å². The van der Waals surface area contributed by atoms with Gasteiger partial charge in [-0.3, -0.25) is 0 Å². The number of nitrogens with zero attached hydrogens (tertiary/aromatic N) is 1. The Kier molecular flexibility index (Phi) is 5.21. The summed E-state index contributed by atoms with van der Waals surface area (Å²) in [6.45, 7) is -0.213. The first-order valence-corrected chi connectivity index (χ1v) is 5.69. The Morgan fingerprint density at radius 1 is 1.44 bits per heavy atom. The fourth-order valence-corrected chi connectivity index (χ4v) is 1.70. The molecule has 0 saturated heterocycles. The molecule has 4 N–H and O–H groups in total. The van der Waals surface area contributed by atoms with Crippen LogP contribution in [0.1, 0.15) is 19.3 Å². The molecule has 18 heavy (non-hydrogen) atoms. The van der Waals surface area contributed by atoms with Gasteiger partial charge in [0.25, 0.3) is 0 Å². The van der Waals surface area contributed by atoms with E-state index in [4.69, 9.17) is 10.9 Å². The molecule has 1 rings (SSSR count). The summed E-state index contributed by atoms with van der Waals surface area (Å²) >= 11 is 0. The largest absolute Gasteiger partial charge is 0.411 e. The molecule has 106 valence electrons. The Hall–Kier alpha value is -1.02. The molecular formula is C10H18F3N3O2. The summed E-state index contributed by atoms with van der Waals surface area (Å²) in [5.41, 5.74) is 5.42. The van der Waals surface area contributed by atoms with E-state index in [0.717, 1.165) is 12.8 Å². The van der Waals surface area contributed by atoms with Crippen molar-refractivity contribution in [1.82, 2.24) is 5.32 Å². The highest BCUT2D eigenvalue weighted by Crippen LogP contribution is 2.48. The SMILES string of the molecule is NC(CC1(CNCCOCC(F)(F)F)CC1)=NO. The standard InChI is InChI=1S/C10H18F3N3O2/c11-10(12,13)7-18-4-3-15-6-9(1-2-9)5-8(14)16-17/h15,17H,1-7H2,(H2,14,16). The maximum absolute atomic E-state index is 11.8. The van der Waals surface area contributed by atoms with E-state index in [1.807, 2.05) is 0 Å². The van der Waals surface area contributed by atoms with Gasteiger partial charge in [-0.2, -0.15) is 13.2 Å². The van der Waals surface area contributed by atoms with Gasteiger partial charge in [0.1, 0.15) is 12.4 Å². The van der Waals surface area contributed by atoms with Crippen LogP contribution < -0.4 is 11.1 Å². The maximum atomic E-state index is 11.8. The molecule has 0 aromatic carbocycles. The zero-order valence-electron chi connectivity index (χ0n) is 9.96. The molecule has 0 aliphatic heterocycles. The van der Waals surface area contributed by atoms with Crippen molar-refractivity contribution >= 4 is 5.84 Å². The van der Waals surface area contributed by atoms with Gasteiger partial charge in [-0.15, -0.1) is 0 Å². The quantitative estimate of drug-likeness (QED) is 0.202. The van der Waals surface area contributed by atoms with Crippen LogP contribution >= 0.6 is 0 Å². The molecule has 8 heteroatoms. The molecule has 0 unspecified atom stereocenters. The van der Waals surface area contributed by atoms with Gasteiger partial charge in [0.2, 0.25) is 0 Å². The monoisotopic (exact) mass is 269 g/mol. The third-order valence-electron chi connectivity index (χ3n) is 2.83. The van der Waals surface area contributed by atoms with Crippen LogP contribution in [-0.4, -0.2) is 43.5 Å². The van der Waals surface area contributed by atoms with Crippen LogP contribution in [-0.2, 0) is 4.74 Å².